The molecule has 0 aromatic heterocycles. The van der Waals surface area contributed by atoms with E-state index < -0.39 is 10.0 Å². The highest BCUT2D eigenvalue weighted by molar-refractivity contribution is 7.89. The first-order valence-electron chi connectivity index (χ1n) is 3.03. The van der Waals surface area contributed by atoms with Crippen molar-refractivity contribution in [3.63, 3.8) is 0 Å². The monoisotopic (exact) mass is 188 g/mol. The molecule has 0 aliphatic rings. The van der Waals surface area contributed by atoms with Gasteiger partial charge >= 0.3 is 0 Å². The molecule has 0 atom stereocenters. The minimum absolute atomic E-state index is 0.222. The Labute approximate surface area is 69.7 Å². The first-order valence-corrected chi connectivity index (χ1v) is 4.58. The molecule has 1 aromatic rings. The van der Waals surface area contributed by atoms with E-state index in [0.717, 1.165) is 0 Å². The number of primary sulfonamides is 1. The molecule has 66 valence electrons. The molecule has 0 amide bonds. The molecular weight excluding hydrogens is 180 g/mol. The topological polar surface area (TPSA) is 106 Å². The Morgan fingerprint density at radius 1 is 1.33 bits per heavy atom. The van der Waals surface area contributed by atoms with Gasteiger partial charge in [0, 0.05) is 0 Å². The second-order valence-corrected chi connectivity index (χ2v) is 3.76. The minimum atomic E-state index is -3.84. The number of para-hydroxylation sites is 1. The van der Waals surface area contributed by atoms with Crippen molar-refractivity contribution in [3.05, 3.63) is 18.2 Å². The van der Waals surface area contributed by atoms with Crippen molar-refractivity contribution >= 4 is 15.7 Å². The molecule has 5 nitrogen and oxygen atoms in total. The summed E-state index contributed by atoms with van der Waals surface area (Å²) in [5, 5.41) is 13.8. The highest BCUT2D eigenvalue weighted by Crippen LogP contribution is 2.25. The van der Waals surface area contributed by atoms with E-state index in [0.29, 0.717) is 0 Å². The van der Waals surface area contributed by atoms with Crippen LogP contribution in [0.15, 0.2) is 23.1 Å². The van der Waals surface area contributed by atoms with Crippen LogP contribution in [0.2, 0.25) is 0 Å². The lowest BCUT2D eigenvalue weighted by molar-refractivity contribution is 0.476. The molecule has 5 N–H and O–H groups in total. The van der Waals surface area contributed by atoms with E-state index in [1.807, 2.05) is 0 Å². The molecule has 0 radical (unpaired) electrons. The highest BCUT2D eigenvalue weighted by Gasteiger charge is 2.13. The lowest BCUT2D eigenvalue weighted by Crippen LogP contribution is -2.14. The molecule has 0 unspecified atom stereocenters. The summed E-state index contributed by atoms with van der Waals surface area (Å²) in [6, 6.07) is 3.86. The van der Waals surface area contributed by atoms with E-state index in [4.69, 9.17) is 16.0 Å². The number of phenols is 1. The number of aromatic hydroxyl groups is 1. The average molecular weight is 188 g/mol. The maximum Gasteiger partial charge on any atom is 0.240 e. The lowest BCUT2D eigenvalue weighted by atomic mass is 10.3. The van der Waals surface area contributed by atoms with Gasteiger partial charge in [0.25, 0.3) is 0 Å². The molecule has 0 aliphatic heterocycles. The van der Waals surface area contributed by atoms with E-state index in [-0.39, 0.29) is 16.3 Å². The summed E-state index contributed by atoms with van der Waals surface area (Å²) in [5.74, 6) is -0.290. The number of nitrogen functional groups attached to an aromatic ring is 1. The fourth-order valence-corrected chi connectivity index (χ4v) is 1.46. The van der Waals surface area contributed by atoms with Crippen molar-refractivity contribution in [2.24, 2.45) is 5.14 Å². The first kappa shape index (κ1) is 8.82. The minimum Gasteiger partial charge on any atom is -0.506 e. The van der Waals surface area contributed by atoms with Gasteiger partial charge in [0.1, 0.15) is 10.6 Å². The molecule has 0 saturated carbocycles. The Morgan fingerprint density at radius 3 is 2.33 bits per heavy atom. The van der Waals surface area contributed by atoms with Gasteiger partial charge in [-0.2, -0.15) is 0 Å². The van der Waals surface area contributed by atoms with Gasteiger partial charge in [0.05, 0.1) is 5.69 Å². The van der Waals surface area contributed by atoms with Gasteiger partial charge in [-0.3, -0.25) is 0 Å². The number of nitrogens with two attached hydrogens (primary N) is 2. The quantitative estimate of drug-likeness (QED) is 0.412. The summed E-state index contributed by atoms with van der Waals surface area (Å²) >= 11 is 0. The van der Waals surface area contributed by atoms with Gasteiger partial charge < -0.3 is 10.8 Å². The third-order valence-corrected chi connectivity index (χ3v) is 2.32. The van der Waals surface area contributed by atoms with Crippen LogP contribution in [0.3, 0.4) is 0 Å². The zero-order valence-corrected chi connectivity index (χ0v) is 6.88. The zero-order valence-electron chi connectivity index (χ0n) is 6.06. The molecule has 0 heterocycles. The molecule has 1 rings (SSSR count). The van der Waals surface area contributed by atoms with Crippen LogP contribution in [0, 0.1) is 0 Å². The van der Waals surface area contributed by atoms with Gasteiger partial charge in [0.15, 0.2) is 0 Å². The van der Waals surface area contributed by atoms with Crippen LogP contribution in [-0.4, -0.2) is 13.5 Å². The fourth-order valence-electron chi connectivity index (χ4n) is 0.781. The summed E-state index contributed by atoms with van der Waals surface area (Å²) in [4.78, 5) is -0.262. The van der Waals surface area contributed by atoms with Gasteiger partial charge in [-0.15, -0.1) is 0 Å². The zero-order chi connectivity index (χ0) is 9.35. The molecule has 0 aliphatic carbocycles. The summed E-state index contributed by atoms with van der Waals surface area (Å²) < 4.78 is 21.6. The number of sulfonamides is 1. The first-order chi connectivity index (χ1) is 5.43. The Balaban J connectivity index is 3.47. The third-order valence-electron chi connectivity index (χ3n) is 1.35. The Morgan fingerprint density at radius 2 is 1.92 bits per heavy atom. The van der Waals surface area contributed by atoms with E-state index in [9.17, 15) is 8.42 Å². The third kappa shape index (κ3) is 1.49. The van der Waals surface area contributed by atoms with Gasteiger partial charge in [-0.05, 0) is 12.1 Å². The summed E-state index contributed by atoms with van der Waals surface area (Å²) in [6.07, 6.45) is 0. The number of rotatable bonds is 1. The molecule has 0 fully saturated rings. The predicted octanol–water partition coefficient (Wildman–Crippen LogP) is -0.378. The highest BCUT2D eigenvalue weighted by atomic mass is 32.2. The van der Waals surface area contributed by atoms with Gasteiger partial charge in [-0.25, -0.2) is 13.6 Å². The van der Waals surface area contributed by atoms with Crippen molar-refractivity contribution < 1.29 is 13.5 Å². The van der Waals surface area contributed by atoms with Crippen LogP contribution in [0.5, 0.6) is 5.75 Å². The van der Waals surface area contributed by atoms with E-state index in [2.05, 4.69) is 0 Å². The summed E-state index contributed by atoms with van der Waals surface area (Å²) in [7, 11) is -3.84. The SMILES string of the molecule is Nc1c(O)cccc1S(N)(=O)=O. The van der Waals surface area contributed by atoms with Crippen LogP contribution in [0.1, 0.15) is 0 Å². The molecule has 0 spiro atoms. The van der Waals surface area contributed by atoms with Crippen molar-refractivity contribution in [2.45, 2.75) is 4.90 Å². The average Bonchev–Trinajstić information content (AvgIpc) is 1.92. The Kier molecular flexibility index (Phi) is 1.95. The molecule has 1 aromatic carbocycles. The smallest absolute Gasteiger partial charge is 0.240 e. The Hall–Kier alpha value is -1.27. The van der Waals surface area contributed by atoms with E-state index in [1.165, 1.54) is 18.2 Å². The number of phenolic OH excluding ortho intramolecular Hbond substituents is 1. The fraction of sp³-hybridized carbons (Fsp3) is 0. The summed E-state index contributed by atoms with van der Waals surface area (Å²) in [5.41, 5.74) is 5.04. The molecule has 6 heteroatoms. The van der Waals surface area contributed by atoms with Gasteiger partial charge in [0.2, 0.25) is 10.0 Å². The standard InChI is InChI=1S/C6H8N2O3S/c7-6-4(9)2-1-3-5(6)12(8,10)11/h1-3,9H,7H2,(H2,8,10,11). The predicted molar refractivity (Wildman–Crippen MR) is 43.9 cm³/mol. The van der Waals surface area contributed by atoms with E-state index in [1.54, 1.807) is 0 Å². The number of benzene rings is 1. The number of hydrogen-bond donors (Lipinski definition) is 3. The largest absolute Gasteiger partial charge is 0.506 e. The maximum atomic E-state index is 10.8. The molecule has 12 heavy (non-hydrogen) atoms. The van der Waals surface area contributed by atoms with Crippen LogP contribution in [0.4, 0.5) is 5.69 Å². The van der Waals surface area contributed by atoms with Crippen molar-refractivity contribution in [1.29, 1.82) is 0 Å². The van der Waals surface area contributed by atoms with Crippen molar-refractivity contribution in [1.82, 2.24) is 0 Å². The second kappa shape index (κ2) is 2.65. The number of hydrogen-bond acceptors (Lipinski definition) is 4. The maximum absolute atomic E-state index is 10.8. The van der Waals surface area contributed by atoms with Crippen molar-refractivity contribution in [2.75, 3.05) is 5.73 Å². The van der Waals surface area contributed by atoms with Crippen LogP contribution in [-0.2, 0) is 10.0 Å². The van der Waals surface area contributed by atoms with Crippen LogP contribution < -0.4 is 10.9 Å². The molecule has 0 bridgehead atoms. The normalized spacial score (nSPS) is 11.4. The van der Waals surface area contributed by atoms with Crippen LogP contribution >= 0.6 is 0 Å². The van der Waals surface area contributed by atoms with E-state index >= 15 is 0 Å². The van der Waals surface area contributed by atoms with Gasteiger partial charge in [-0.1, -0.05) is 6.07 Å². The van der Waals surface area contributed by atoms with Crippen molar-refractivity contribution in [3.8, 4) is 5.75 Å². The second-order valence-electron chi connectivity index (χ2n) is 2.23. The molecular formula is C6H8N2O3S. The lowest BCUT2D eigenvalue weighted by Gasteiger charge is -2.03. The molecule has 0 saturated heterocycles. The Bertz CT molecular complexity index is 399. The van der Waals surface area contributed by atoms with Crippen LogP contribution in [0.25, 0.3) is 0 Å². The number of anilines is 1. The summed E-state index contributed by atoms with van der Waals surface area (Å²) in [6.45, 7) is 0.